The molecule has 0 saturated carbocycles. The van der Waals surface area contributed by atoms with E-state index in [9.17, 15) is 9.59 Å². The maximum absolute atomic E-state index is 12.9. The topological polar surface area (TPSA) is 75.2 Å². The number of anilines is 1. The highest BCUT2D eigenvalue weighted by atomic mass is 35.5. The number of nitrogens with zero attached hydrogens (tertiary/aromatic N) is 3. The summed E-state index contributed by atoms with van der Waals surface area (Å²) in [5, 5.41) is 5.82. The lowest BCUT2D eigenvalue weighted by molar-refractivity contribution is -0.121. The van der Waals surface area contributed by atoms with Gasteiger partial charge in [-0.1, -0.05) is 23.2 Å². The number of carbonyl (C=O) groups is 2. The Morgan fingerprint density at radius 3 is 2.79 bits per heavy atom. The number of hydrogen-bond acceptors (Lipinski definition) is 6. The van der Waals surface area contributed by atoms with Crippen LogP contribution in [0.1, 0.15) is 23.3 Å². The number of amides is 2. The number of rotatable bonds is 4. The van der Waals surface area contributed by atoms with E-state index in [1.807, 2.05) is 12.1 Å². The summed E-state index contributed by atoms with van der Waals surface area (Å²) in [4.78, 5) is 36.7. The summed E-state index contributed by atoms with van der Waals surface area (Å²) in [6.07, 6.45) is 2.96. The molecule has 2 amide bonds. The minimum absolute atomic E-state index is 0.149. The highest BCUT2D eigenvalue weighted by Gasteiger charge is 2.30. The molecule has 4 rings (SSSR count). The summed E-state index contributed by atoms with van der Waals surface area (Å²) >= 11 is 14.6. The second-order valence-electron chi connectivity index (χ2n) is 6.58. The molecule has 1 saturated heterocycles. The van der Waals surface area contributed by atoms with E-state index < -0.39 is 0 Å². The monoisotopic (exact) mass is 466 g/mol. The van der Waals surface area contributed by atoms with Crippen LogP contribution >= 0.6 is 45.9 Å². The van der Waals surface area contributed by atoms with Gasteiger partial charge in [-0.05, 0) is 37.1 Å². The molecule has 3 aromatic heterocycles. The molecule has 0 radical (unpaired) electrons. The van der Waals surface area contributed by atoms with Crippen molar-refractivity contribution in [3.63, 3.8) is 0 Å². The SMILES string of the molecule is O=C(Nc1ccc(Cl)cn1)C1CCCN(C(=O)c2csc(-c3ccc(Cl)s3)n2)C1. The number of nitrogens with one attached hydrogen (secondary N) is 1. The molecule has 3 aromatic rings. The zero-order chi connectivity index (χ0) is 20.4. The van der Waals surface area contributed by atoms with Crippen molar-refractivity contribution in [3.05, 3.63) is 50.9 Å². The third-order valence-electron chi connectivity index (χ3n) is 4.57. The lowest BCUT2D eigenvalue weighted by Crippen LogP contribution is -2.44. The summed E-state index contributed by atoms with van der Waals surface area (Å²) in [5.41, 5.74) is 0.398. The molecule has 150 valence electrons. The van der Waals surface area contributed by atoms with Gasteiger partial charge in [-0.3, -0.25) is 9.59 Å². The van der Waals surface area contributed by atoms with E-state index in [1.165, 1.54) is 28.9 Å². The third-order valence-corrected chi connectivity index (χ3v) is 7.03. The number of thiophene rings is 1. The van der Waals surface area contributed by atoms with Crippen LogP contribution in [0.15, 0.2) is 35.8 Å². The van der Waals surface area contributed by atoms with Gasteiger partial charge in [-0.2, -0.15) is 0 Å². The van der Waals surface area contributed by atoms with Crippen LogP contribution in [0.3, 0.4) is 0 Å². The van der Waals surface area contributed by atoms with Crippen molar-refractivity contribution in [3.8, 4) is 9.88 Å². The Bertz CT molecular complexity index is 1040. The number of halogens is 2. The van der Waals surface area contributed by atoms with E-state index in [4.69, 9.17) is 23.2 Å². The largest absolute Gasteiger partial charge is 0.336 e. The van der Waals surface area contributed by atoms with Crippen LogP contribution in [0.25, 0.3) is 9.88 Å². The van der Waals surface area contributed by atoms with Gasteiger partial charge in [-0.25, -0.2) is 9.97 Å². The standard InChI is InChI=1S/C19H16Cl2N4O2S2/c20-12-3-6-16(22-8-12)24-17(26)11-2-1-7-25(9-11)19(27)13-10-28-18(23-13)14-4-5-15(21)29-14/h3-6,8,10-11H,1-2,7,9H2,(H,22,24,26). The van der Waals surface area contributed by atoms with Crippen molar-refractivity contribution in [1.82, 2.24) is 14.9 Å². The van der Waals surface area contributed by atoms with Crippen molar-refractivity contribution in [1.29, 1.82) is 0 Å². The van der Waals surface area contributed by atoms with Gasteiger partial charge in [0.05, 0.1) is 20.2 Å². The predicted molar refractivity (Wildman–Crippen MR) is 117 cm³/mol. The van der Waals surface area contributed by atoms with Crippen molar-refractivity contribution in [2.75, 3.05) is 18.4 Å². The summed E-state index contributed by atoms with van der Waals surface area (Å²) in [6, 6.07) is 7.03. The summed E-state index contributed by atoms with van der Waals surface area (Å²) in [5.74, 6) is -0.150. The van der Waals surface area contributed by atoms with Crippen LogP contribution in [0.5, 0.6) is 0 Å². The van der Waals surface area contributed by atoms with E-state index in [1.54, 1.807) is 22.4 Å². The fourth-order valence-corrected chi connectivity index (χ4v) is 5.15. The van der Waals surface area contributed by atoms with E-state index >= 15 is 0 Å². The number of thiazole rings is 1. The molecule has 1 aliphatic heterocycles. The van der Waals surface area contributed by atoms with Crippen molar-refractivity contribution < 1.29 is 9.59 Å². The molecule has 0 aliphatic carbocycles. The predicted octanol–water partition coefficient (Wildman–Crippen LogP) is 5.06. The molecule has 29 heavy (non-hydrogen) atoms. The van der Waals surface area contributed by atoms with Gasteiger partial charge in [0.25, 0.3) is 5.91 Å². The lowest BCUT2D eigenvalue weighted by atomic mass is 9.97. The fraction of sp³-hybridized carbons (Fsp3) is 0.263. The van der Waals surface area contributed by atoms with Crippen LogP contribution in [0.2, 0.25) is 9.36 Å². The Hall–Kier alpha value is -2.00. The number of piperidine rings is 1. The van der Waals surface area contributed by atoms with E-state index in [0.29, 0.717) is 34.0 Å². The van der Waals surface area contributed by atoms with Gasteiger partial charge in [0.1, 0.15) is 16.5 Å². The van der Waals surface area contributed by atoms with Crippen molar-refractivity contribution in [2.24, 2.45) is 5.92 Å². The average molecular weight is 467 g/mol. The Balaban J connectivity index is 1.41. The first-order valence-corrected chi connectivity index (χ1v) is 11.4. The highest BCUT2D eigenvalue weighted by molar-refractivity contribution is 7.23. The smallest absolute Gasteiger partial charge is 0.273 e. The van der Waals surface area contributed by atoms with Gasteiger partial charge in [-0.15, -0.1) is 22.7 Å². The highest BCUT2D eigenvalue weighted by Crippen LogP contribution is 2.33. The Morgan fingerprint density at radius 1 is 1.21 bits per heavy atom. The molecule has 0 spiro atoms. The molecule has 1 N–H and O–H groups in total. The van der Waals surface area contributed by atoms with Crippen molar-refractivity contribution in [2.45, 2.75) is 12.8 Å². The maximum atomic E-state index is 12.9. The number of aromatic nitrogens is 2. The first-order chi connectivity index (χ1) is 14.0. The second kappa shape index (κ2) is 8.79. The zero-order valence-electron chi connectivity index (χ0n) is 15.1. The van der Waals surface area contributed by atoms with Crippen LogP contribution in [-0.4, -0.2) is 39.8 Å². The molecule has 4 heterocycles. The Kier molecular flexibility index (Phi) is 6.15. The summed E-state index contributed by atoms with van der Waals surface area (Å²) in [6.45, 7) is 0.968. The normalized spacial score (nSPS) is 16.6. The van der Waals surface area contributed by atoms with Crippen LogP contribution < -0.4 is 5.32 Å². The molecule has 1 fully saturated rings. The van der Waals surface area contributed by atoms with Crippen molar-refractivity contribution >= 4 is 63.5 Å². The number of pyridine rings is 1. The van der Waals surface area contributed by atoms with E-state index in [2.05, 4.69) is 15.3 Å². The van der Waals surface area contributed by atoms with Crippen LogP contribution in [0.4, 0.5) is 5.82 Å². The molecule has 0 aromatic carbocycles. The van der Waals surface area contributed by atoms with Crippen LogP contribution in [-0.2, 0) is 4.79 Å². The first-order valence-electron chi connectivity index (χ1n) is 8.92. The molecular formula is C19H16Cl2N4O2S2. The molecule has 6 nitrogen and oxygen atoms in total. The molecule has 0 bridgehead atoms. The van der Waals surface area contributed by atoms with Gasteiger partial charge >= 0.3 is 0 Å². The molecule has 10 heteroatoms. The van der Waals surface area contributed by atoms with Gasteiger partial charge < -0.3 is 10.2 Å². The van der Waals surface area contributed by atoms with E-state index in [0.717, 1.165) is 22.7 Å². The van der Waals surface area contributed by atoms with Crippen LogP contribution in [0, 0.1) is 5.92 Å². The molecule has 1 unspecified atom stereocenters. The minimum Gasteiger partial charge on any atom is -0.336 e. The zero-order valence-corrected chi connectivity index (χ0v) is 18.2. The van der Waals surface area contributed by atoms with Gasteiger partial charge in [0.15, 0.2) is 0 Å². The quantitative estimate of drug-likeness (QED) is 0.582. The summed E-state index contributed by atoms with van der Waals surface area (Å²) in [7, 11) is 0. The van der Waals surface area contributed by atoms with Gasteiger partial charge in [0, 0.05) is 24.7 Å². The Morgan fingerprint density at radius 2 is 2.07 bits per heavy atom. The number of likely N-dealkylation sites (tertiary alicyclic amines) is 1. The maximum Gasteiger partial charge on any atom is 0.273 e. The number of hydrogen-bond donors (Lipinski definition) is 1. The third kappa shape index (κ3) is 4.78. The molecular weight excluding hydrogens is 451 g/mol. The fourth-order valence-electron chi connectivity index (χ4n) is 3.13. The number of carbonyl (C=O) groups excluding carboxylic acids is 2. The Labute approximate surface area is 185 Å². The van der Waals surface area contributed by atoms with Gasteiger partial charge in [0.2, 0.25) is 5.91 Å². The van der Waals surface area contributed by atoms with E-state index in [-0.39, 0.29) is 17.7 Å². The molecule has 1 atom stereocenters. The lowest BCUT2D eigenvalue weighted by Gasteiger charge is -2.31. The molecule has 1 aliphatic rings. The average Bonchev–Trinajstić information content (AvgIpc) is 3.38. The minimum atomic E-state index is -0.292. The summed E-state index contributed by atoms with van der Waals surface area (Å²) < 4.78 is 0.683. The second-order valence-corrected chi connectivity index (χ2v) is 9.59. The first kappa shape index (κ1) is 20.3.